The van der Waals surface area contributed by atoms with Gasteiger partial charge >= 0.3 is 5.97 Å². The molecule has 1 unspecified atom stereocenters. The third kappa shape index (κ3) is 2.78. The van der Waals surface area contributed by atoms with Gasteiger partial charge in [-0.2, -0.15) is 0 Å². The van der Waals surface area contributed by atoms with Crippen LogP contribution < -0.4 is 5.73 Å². The maximum Gasteiger partial charge on any atom is 0.305 e. The molecule has 1 heterocycles. The highest BCUT2D eigenvalue weighted by molar-refractivity contribution is 9.10. The highest BCUT2D eigenvalue weighted by Crippen LogP contribution is 2.18. The van der Waals surface area contributed by atoms with E-state index in [1.807, 2.05) is 13.0 Å². The molecule has 3 N–H and O–H groups in total. The van der Waals surface area contributed by atoms with Crippen molar-refractivity contribution >= 4 is 21.9 Å². The van der Waals surface area contributed by atoms with E-state index in [4.69, 9.17) is 10.8 Å². The third-order valence-corrected chi connectivity index (χ3v) is 2.66. The largest absolute Gasteiger partial charge is 0.481 e. The molecule has 0 saturated carbocycles. The Kier molecular flexibility index (Phi) is 3.60. The van der Waals surface area contributed by atoms with Crippen molar-refractivity contribution in [3.8, 4) is 0 Å². The van der Waals surface area contributed by atoms with Crippen LogP contribution in [0.15, 0.2) is 16.6 Å². The van der Waals surface area contributed by atoms with Crippen LogP contribution in [0.5, 0.6) is 0 Å². The fourth-order valence-electron chi connectivity index (χ4n) is 1.06. The fraction of sp³-hybridized carbons (Fsp3) is 0.333. The molecule has 0 radical (unpaired) electrons. The minimum Gasteiger partial charge on any atom is -0.481 e. The maximum atomic E-state index is 10.4. The van der Waals surface area contributed by atoms with Crippen molar-refractivity contribution in [2.75, 3.05) is 0 Å². The van der Waals surface area contributed by atoms with Crippen molar-refractivity contribution in [3.63, 3.8) is 0 Å². The molecule has 1 rings (SSSR count). The second-order valence-corrected chi connectivity index (χ2v) is 3.86. The van der Waals surface area contributed by atoms with Gasteiger partial charge in [0.2, 0.25) is 0 Å². The number of halogens is 1. The first-order valence-corrected chi connectivity index (χ1v) is 4.90. The van der Waals surface area contributed by atoms with Crippen molar-refractivity contribution in [1.82, 2.24) is 4.98 Å². The number of carboxylic acid groups (broad SMARTS) is 1. The van der Waals surface area contributed by atoms with Gasteiger partial charge in [-0.15, -0.1) is 0 Å². The molecular formula is C9H11BrN2O2. The molecule has 5 heteroatoms. The number of nitrogens with two attached hydrogens (primary N) is 1. The van der Waals surface area contributed by atoms with Gasteiger partial charge in [-0.05, 0) is 35.0 Å². The van der Waals surface area contributed by atoms with E-state index in [1.165, 1.54) is 0 Å². The van der Waals surface area contributed by atoms with Crippen molar-refractivity contribution in [1.29, 1.82) is 0 Å². The van der Waals surface area contributed by atoms with Crippen LogP contribution in [0.25, 0.3) is 0 Å². The lowest BCUT2D eigenvalue weighted by atomic mass is 10.1. The second kappa shape index (κ2) is 4.52. The number of aryl methyl sites for hydroxylation is 1. The highest BCUT2D eigenvalue weighted by Gasteiger charge is 2.12. The lowest BCUT2D eigenvalue weighted by Crippen LogP contribution is -2.16. The van der Waals surface area contributed by atoms with Gasteiger partial charge in [0.1, 0.15) is 0 Å². The first-order chi connectivity index (χ1) is 6.50. The Morgan fingerprint density at radius 1 is 1.71 bits per heavy atom. The molecule has 0 aliphatic heterocycles. The summed E-state index contributed by atoms with van der Waals surface area (Å²) in [7, 11) is 0. The van der Waals surface area contributed by atoms with Crippen LogP contribution in [0.2, 0.25) is 0 Å². The van der Waals surface area contributed by atoms with Crippen molar-refractivity contribution < 1.29 is 9.90 Å². The summed E-state index contributed by atoms with van der Waals surface area (Å²) in [6.07, 6.45) is -0.103. The van der Waals surface area contributed by atoms with Crippen molar-refractivity contribution in [3.05, 3.63) is 28.0 Å². The Morgan fingerprint density at radius 3 is 2.86 bits per heavy atom. The van der Waals surface area contributed by atoms with Crippen molar-refractivity contribution in [2.24, 2.45) is 5.73 Å². The molecule has 76 valence electrons. The number of pyridine rings is 1. The average molecular weight is 259 g/mol. The monoisotopic (exact) mass is 258 g/mol. The summed E-state index contributed by atoms with van der Waals surface area (Å²) in [4.78, 5) is 14.6. The summed E-state index contributed by atoms with van der Waals surface area (Å²) >= 11 is 3.31. The molecule has 0 fully saturated rings. The molecule has 0 saturated heterocycles. The Morgan fingerprint density at radius 2 is 2.36 bits per heavy atom. The number of aliphatic carboxylic acids is 1. The number of hydrogen-bond acceptors (Lipinski definition) is 3. The van der Waals surface area contributed by atoms with Crippen LogP contribution in [0.1, 0.15) is 23.9 Å². The van der Waals surface area contributed by atoms with Crippen LogP contribution >= 0.6 is 15.9 Å². The minimum absolute atomic E-state index is 0.103. The van der Waals surface area contributed by atoms with Gasteiger partial charge in [-0.1, -0.05) is 0 Å². The van der Waals surface area contributed by atoms with E-state index in [0.29, 0.717) is 5.69 Å². The highest BCUT2D eigenvalue weighted by atomic mass is 79.9. The summed E-state index contributed by atoms with van der Waals surface area (Å²) in [5, 5.41) is 8.55. The van der Waals surface area contributed by atoms with Crippen LogP contribution in [0.3, 0.4) is 0 Å². The Bertz CT molecular complexity index is 355. The van der Waals surface area contributed by atoms with Crippen LogP contribution in [-0.2, 0) is 4.79 Å². The second-order valence-electron chi connectivity index (χ2n) is 3.01. The number of hydrogen-bond donors (Lipinski definition) is 2. The molecular weight excluding hydrogens is 248 g/mol. The average Bonchev–Trinajstić information content (AvgIpc) is 2.08. The normalized spacial score (nSPS) is 12.5. The zero-order valence-corrected chi connectivity index (χ0v) is 9.28. The van der Waals surface area contributed by atoms with E-state index >= 15 is 0 Å². The van der Waals surface area contributed by atoms with Crippen LogP contribution in [-0.4, -0.2) is 16.1 Å². The Hall–Kier alpha value is -0.940. The zero-order valence-electron chi connectivity index (χ0n) is 7.70. The Balaban J connectivity index is 2.85. The van der Waals surface area contributed by atoms with E-state index in [1.54, 1.807) is 6.07 Å². The molecule has 1 aromatic rings. The zero-order chi connectivity index (χ0) is 10.7. The summed E-state index contributed by atoms with van der Waals surface area (Å²) < 4.78 is 0.892. The number of carbonyl (C=O) groups is 1. The molecule has 0 aliphatic carbocycles. The quantitative estimate of drug-likeness (QED) is 0.864. The number of carboxylic acids is 1. The molecule has 0 amide bonds. The lowest BCUT2D eigenvalue weighted by Gasteiger charge is -2.09. The van der Waals surface area contributed by atoms with Gasteiger partial charge in [0.05, 0.1) is 23.9 Å². The predicted octanol–water partition coefficient (Wildman–Crippen LogP) is 1.63. The molecule has 1 aromatic heterocycles. The van der Waals surface area contributed by atoms with Gasteiger partial charge in [0.15, 0.2) is 0 Å². The summed E-state index contributed by atoms with van der Waals surface area (Å²) in [6, 6.07) is 3.00. The van der Waals surface area contributed by atoms with E-state index < -0.39 is 12.0 Å². The topological polar surface area (TPSA) is 76.2 Å². The number of nitrogens with zero attached hydrogens (tertiary/aromatic N) is 1. The SMILES string of the molecule is Cc1nc(C(N)CC(=O)O)ccc1Br. The summed E-state index contributed by atoms with van der Waals surface area (Å²) in [5.74, 6) is -0.917. The van der Waals surface area contributed by atoms with E-state index in [-0.39, 0.29) is 6.42 Å². The lowest BCUT2D eigenvalue weighted by molar-refractivity contribution is -0.137. The van der Waals surface area contributed by atoms with Gasteiger partial charge < -0.3 is 10.8 Å². The molecule has 4 nitrogen and oxygen atoms in total. The molecule has 0 aromatic carbocycles. The minimum atomic E-state index is -0.917. The molecule has 14 heavy (non-hydrogen) atoms. The molecule has 0 spiro atoms. The van der Waals surface area contributed by atoms with Crippen LogP contribution in [0.4, 0.5) is 0 Å². The first-order valence-electron chi connectivity index (χ1n) is 4.11. The summed E-state index contributed by atoms with van der Waals surface area (Å²) in [5.41, 5.74) is 7.07. The number of rotatable bonds is 3. The predicted molar refractivity (Wildman–Crippen MR) is 55.9 cm³/mol. The van der Waals surface area contributed by atoms with Gasteiger partial charge in [-0.3, -0.25) is 9.78 Å². The van der Waals surface area contributed by atoms with E-state index in [2.05, 4.69) is 20.9 Å². The standard InChI is InChI=1S/C9H11BrN2O2/c1-5-6(10)2-3-8(12-5)7(11)4-9(13)14/h2-3,7H,4,11H2,1H3,(H,13,14). The van der Waals surface area contributed by atoms with Crippen molar-refractivity contribution in [2.45, 2.75) is 19.4 Å². The van der Waals surface area contributed by atoms with Gasteiger partial charge in [0, 0.05) is 4.47 Å². The fourth-order valence-corrected chi connectivity index (χ4v) is 1.28. The molecule has 0 bridgehead atoms. The Labute approximate surface area is 90.3 Å². The van der Waals surface area contributed by atoms with E-state index in [9.17, 15) is 4.79 Å². The third-order valence-electron chi connectivity index (χ3n) is 1.82. The molecule has 1 atom stereocenters. The maximum absolute atomic E-state index is 10.4. The van der Waals surface area contributed by atoms with Gasteiger partial charge in [0.25, 0.3) is 0 Å². The summed E-state index contributed by atoms with van der Waals surface area (Å²) in [6.45, 7) is 1.83. The van der Waals surface area contributed by atoms with Crippen LogP contribution in [0, 0.1) is 6.92 Å². The molecule has 0 aliphatic rings. The smallest absolute Gasteiger partial charge is 0.305 e. The number of aromatic nitrogens is 1. The van der Waals surface area contributed by atoms with Gasteiger partial charge in [-0.25, -0.2) is 0 Å². The first kappa shape index (κ1) is 11.1. The van der Waals surface area contributed by atoms with E-state index in [0.717, 1.165) is 10.2 Å².